The number of phenolic OH excluding ortho intramolecular Hbond substituents is 2. The molecule has 0 spiro atoms. The lowest BCUT2D eigenvalue weighted by Gasteiger charge is -2.17. The minimum absolute atomic E-state index is 0.0496. The van der Waals surface area contributed by atoms with E-state index in [2.05, 4.69) is 0 Å². The van der Waals surface area contributed by atoms with Crippen LogP contribution in [0.3, 0.4) is 0 Å². The quantitative estimate of drug-likeness (QED) is 0.742. The Morgan fingerprint density at radius 2 is 1.76 bits per heavy atom. The summed E-state index contributed by atoms with van der Waals surface area (Å²) in [6, 6.07) is 2.61. The summed E-state index contributed by atoms with van der Waals surface area (Å²) < 4.78 is 16.8. The first-order chi connectivity index (χ1) is 7.97. The number of phenols is 2. The second-order valence-electron chi connectivity index (χ2n) is 4.11. The first kappa shape index (κ1) is 13.6. The number of benzene rings is 1. The van der Waals surface area contributed by atoms with Crippen LogP contribution in [-0.2, 0) is 0 Å². The van der Waals surface area contributed by atoms with Crippen LogP contribution >= 0.6 is 0 Å². The third-order valence-electron chi connectivity index (χ3n) is 2.37. The molecule has 0 bridgehead atoms. The monoisotopic (exact) mass is 244 g/mol. The van der Waals surface area contributed by atoms with Crippen LogP contribution in [0.1, 0.15) is 25.5 Å². The molecule has 0 heterocycles. The number of rotatable bonds is 5. The second kappa shape index (κ2) is 5.72. The van der Waals surface area contributed by atoms with Crippen LogP contribution in [-0.4, -0.2) is 28.6 Å². The molecular formula is C12H17FO4. The van der Waals surface area contributed by atoms with Gasteiger partial charge in [0.2, 0.25) is 5.75 Å². The Kier molecular flexibility index (Phi) is 4.57. The lowest BCUT2D eigenvalue weighted by molar-refractivity contribution is 0.126. The van der Waals surface area contributed by atoms with Crippen LogP contribution in [0, 0.1) is 5.92 Å². The van der Waals surface area contributed by atoms with Crippen molar-refractivity contribution in [2.45, 2.75) is 20.0 Å². The highest BCUT2D eigenvalue weighted by Crippen LogP contribution is 2.39. The molecule has 1 unspecified atom stereocenters. The standard InChI is InChI=1S/C12H17FO4/c1-7(2)11(16)8-5-9(14)12(10(15)6-8)17-4-3-13/h5-7,11,14-16H,3-4H2,1-2H3. The molecule has 0 radical (unpaired) electrons. The van der Waals surface area contributed by atoms with Gasteiger partial charge in [0.05, 0.1) is 6.10 Å². The number of alkyl halides is 1. The normalized spacial score (nSPS) is 12.8. The molecule has 5 heteroatoms. The molecule has 1 aromatic rings. The summed E-state index contributed by atoms with van der Waals surface area (Å²) in [4.78, 5) is 0. The molecule has 96 valence electrons. The molecule has 0 fully saturated rings. The Bertz CT molecular complexity index is 356. The molecule has 1 rings (SSSR count). The molecule has 0 saturated carbocycles. The van der Waals surface area contributed by atoms with Gasteiger partial charge < -0.3 is 20.1 Å². The van der Waals surface area contributed by atoms with Crippen molar-refractivity contribution in [3.63, 3.8) is 0 Å². The summed E-state index contributed by atoms with van der Waals surface area (Å²) in [5, 5.41) is 29.0. The number of aliphatic hydroxyl groups is 1. The van der Waals surface area contributed by atoms with Gasteiger partial charge in [0.25, 0.3) is 0 Å². The van der Waals surface area contributed by atoms with Crippen molar-refractivity contribution in [3.05, 3.63) is 17.7 Å². The molecule has 0 amide bonds. The largest absolute Gasteiger partial charge is 0.504 e. The van der Waals surface area contributed by atoms with E-state index >= 15 is 0 Å². The summed E-state index contributed by atoms with van der Waals surface area (Å²) in [7, 11) is 0. The second-order valence-corrected chi connectivity index (χ2v) is 4.11. The minimum Gasteiger partial charge on any atom is -0.504 e. The Morgan fingerprint density at radius 1 is 1.24 bits per heavy atom. The molecule has 0 aliphatic carbocycles. The van der Waals surface area contributed by atoms with Crippen LogP contribution in [0.5, 0.6) is 17.2 Å². The van der Waals surface area contributed by atoms with Crippen molar-refractivity contribution in [1.82, 2.24) is 0 Å². The molecular weight excluding hydrogens is 227 g/mol. The van der Waals surface area contributed by atoms with Gasteiger partial charge >= 0.3 is 0 Å². The molecule has 17 heavy (non-hydrogen) atoms. The zero-order valence-electron chi connectivity index (χ0n) is 9.85. The Hall–Kier alpha value is -1.49. The van der Waals surface area contributed by atoms with Gasteiger partial charge in [-0.15, -0.1) is 0 Å². The Balaban J connectivity index is 3.00. The maximum absolute atomic E-state index is 11.9. The summed E-state index contributed by atoms with van der Waals surface area (Å²) in [6.07, 6.45) is -0.790. The van der Waals surface area contributed by atoms with E-state index in [1.165, 1.54) is 12.1 Å². The SMILES string of the molecule is CC(C)C(O)c1cc(O)c(OCCF)c(O)c1. The maximum Gasteiger partial charge on any atom is 0.203 e. The topological polar surface area (TPSA) is 69.9 Å². The van der Waals surface area contributed by atoms with Crippen molar-refractivity contribution in [2.75, 3.05) is 13.3 Å². The van der Waals surface area contributed by atoms with E-state index in [1.807, 2.05) is 13.8 Å². The predicted octanol–water partition coefficient (Wildman–Crippen LogP) is 2.14. The number of hydrogen-bond acceptors (Lipinski definition) is 4. The third-order valence-corrected chi connectivity index (χ3v) is 2.37. The molecule has 0 aromatic heterocycles. The number of aromatic hydroxyl groups is 2. The van der Waals surface area contributed by atoms with E-state index in [9.17, 15) is 19.7 Å². The van der Waals surface area contributed by atoms with Crippen LogP contribution in [0.4, 0.5) is 4.39 Å². The van der Waals surface area contributed by atoms with Crippen molar-refractivity contribution in [1.29, 1.82) is 0 Å². The van der Waals surface area contributed by atoms with Gasteiger partial charge in [-0.2, -0.15) is 0 Å². The summed E-state index contributed by atoms with van der Waals surface area (Å²) in [5.41, 5.74) is 0.391. The number of aliphatic hydroxyl groups excluding tert-OH is 1. The van der Waals surface area contributed by atoms with Crippen molar-refractivity contribution >= 4 is 0 Å². The Morgan fingerprint density at radius 3 is 2.18 bits per heavy atom. The van der Waals surface area contributed by atoms with Crippen molar-refractivity contribution in [2.24, 2.45) is 5.92 Å². The fourth-order valence-corrected chi connectivity index (χ4v) is 1.46. The Labute approximate surface area is 99.3 Å². The predicted molar refractivity (Wildman–Crippen MR) is 61.0 cm³/mol. The van der Waals surface area contributed by atoms with E-state index in [0.717, 1.165) is 0 Å². The summed E-state index contributed by atoms with van der Waals surface area (Å²) >= 11 is 0. The lowest BCUT2D eigenvalue weighted by atomic mass is 9.98. The van der Waals surface area contributed by atoms with E-state index < -0.39 is 12.8 Å². The highest BCUT2D eigenvalue weighted by molar-refractivity contribution is 5.52. The number of halogens is 1. The molecule has 4 nitrogen and oxygen atoms in total. The van der Waals surface area contributed by atoms with E-state index in [-0.39, 0.29) is 29.8 Å². The summed E-state index contributed by atoms with van der Waals surface area (Å²) in [5.74, 6) is -0.838. The van der Waals surface area contributed by atoms with Gasteiger partial charge in [0.15, 0.2) is 11.5 Å². The fourth-order valence-electron chi connectivity index (χ4n) is 1.46. The van der Waals surface area contributed by atoms with E-state index in [4.69, 9.17) is 4.74 Å². The van der Waals surface area contributed by atoms with E-state index in [1.54, 1.807) is 0 Å². The highest BCUT2D eigenvalue weighted by Gasteiger charge is 2.17. The van der Waals surface area contributed by atoms with Crippen LogP contribution in [0.2, 0.25) is 0 Å². The first-order valence-corrected chi connectivity index (χ1v) is 5.40. The van der Waals surface area contributed by atoms with Crippen molar-refractivity contribution in [3.8, 4) is 17.2 Å². The van der Waals surface area contributed by atoms with E-state index in [0.29, 0.717) is 5.56 Å². The first-order valence-electron chi connectivity index (χ1n) is 5.40. The molecule has 0 aliphatic heterocycles. The van der Waals surface area contributed by atoms with Gasteiger partial charge in [0, 0.05) is 0 Å². The highest BCUT2D eigenvalue weighted by atomic mass is 19.1. The average Bonchev–Trinajstić information content (AvgIpc) is 2.26. The van der Waals surface area contributed by atoms with Crippen LogP contribution < -0.4 is 4.74 Å². The zero-order chi connectivity index (χ0) is 13.0. The van der Waals surface area contributed by atoms with Gasteiger partial charge in [-0.1, -0.05) is 13.8 Å². The van der Waals surface area contributed by atoms with Crippen LogP contribution in [0.25, 0.3) is 0 Å². The van der Waals surface area contributed by atoms with Gasteiger partial charge in [-0.05, 0) is 23.6 Å². The minimum atomic E-state index is -0.790. The third kappa shape index (κ3) is 3.23. The van der Waals surface area contributed by atoms with Crippen LogP contribution in [0.15, 0.2) is 12.1 Å². The number of ether oxygens (including phenoxy) is 1. The summed E-state index contributed by atoms with van der Waals surface area (Å²) in [6.45, 7) is 2.67. The van der Waals surface area contributed by atoms with Gasteiger partial charge in [-0.25, -0.2) is 4.39 Å². The molecule has 1 atom stereocenters. The van der Waals surface area contributed by atoms with Gasteiger partial charge in [-0.3, -0.25) is 0 Å². The lowest BCUT2D eigenvalue weighted by Crippen LogP contribution is -2.06. The maximum atomic E-state index is 11.9. The van der Waals surface area contributed by atoms with Gasteiger partial charge in [0.1, 0.15) is 13.3 Å². The fraction of sp³-hybridized carbons (Fsp3) is 0.500. The molecule has 0 saturated heterocycles. The number of hydrogen-bond donors (Lipinski definition) is 3. The zero-order valence-corrected chi connectivity index (χ0v) is 9.85. The smallest absolute Gasteiger partial charge is 0.203 e. The molecule has 3 N–H and O–H groups in total. The molecule has 1 aromatic carbocycles. The van der Waals surface area contributed by atoms with Crippen molar-refractivity contribution < 1.29 is 24.4 Å². The molecule has 0 aliphatic rings. The average molecular weight is 244 g/mol.